The van der Waals surface area contributed by atoms with Gasteiger partial charge in [-0.25, -0.2) is 14.2 Å². The molecule has 5 rings (SSSR count). The van der Waals surface area contributed by atoms with Crippen molar-refractivity contribution in [3.8, 4) is 23.3 Å². The average Bonchev–Trinajstić information content (AvgIpc) is 3.47. The Morgan fingerprint density at radius 3 is 2.88 bits per heavy atom. The van der Waals surface area contributed by atoms with Crippen LogP contribution in [0.3, 0.4) is 0 Å². The number of amides is 1. The maximum absolute atomic E-state index is 14.9. The molecule has 216 valence electrons. The molecule has 2 unspecified atom stereocenters. The van der Waals surface area contributed by atoms with Gasteiger partial charge in [-0.05, 0) is 75.9 Å². The number of piperidine rings is 1. The van der Waals surface area contributed by atoms with Crippen LogP contribution in [0.4, 0.5) is 9.18 Å². The highest BCUT2D eigenvalue weighted by atomic mass is 32.2. The second kappa shape index (κ2) is 13.9. The van der Waals surface area contributed by atoms with E-state index in [9.17, 15) is 9.18 Å². The molecule has 0 radical (unpaired) electrons. The van der Waals surface area contributed by atoms with Crippen molar-refractivity contribution in [2.24, 2.45) is 5.89 Å². The fourth-order valence-corrected chi connectivity index (χ4v) is 5.18. The Morgan fingerprint density at radius 1 is 1.29 bits per heavy atom. The molecule has 1 N–H and O–H groups in total. The van der Waals surface area contributed by atoms with E-state index in [1.165, 1.54) is 35.3 Å². The van der Waals surface area contributed by atoms with Crippen molar-refractivity contribution >= 4 is 17.9 Å². The minimum absolute atomic E-state index is 0.0171. The van der Waals surface area contributed by atoms with Crippen LogP contribution in [0.15, 0.2) is 54.1 Å². The van der Waals surface area contributed by atoms with Gasteiger partial charge in [0.25, 0.3) is 0 Å². The molecule has 1 saturated heterocycles. The van der Waals surface area contributed by atoms with E-state index < -0.39 is 42.1 Å². The minimum atomic E-state index is -3.17. The number of nitrogens with zero attached hydrogens (tertiary/aromatic N) is 4. The Bertz CT molecular complexity index is 1720. The number of imidazole rings is 1. The van der Waals surface area contributed by atoms with E-state index >= 15 is 0 Å². The van der Waals surface area contributed by atoms with E-state index in [2.05, 4.69) is 32.0 Å². The van der Waals surface area contributed by atoms with Gasteiger partial charge in [0.15, 0.2) is 11.8 Å². The molecule has 0 bridgehead atoms. The summed E-state index contributed by atoms with van der Waals surface area (Å²) < 4.78 is 95.3. The molecular formula is C31H36FN5O3S. The van der Waals surface area contributed by atoms with Crippen molar-refractivity contribution in [2.45, 2.75) is 61.9 Å². The summed E-state index contributed by atoms with van der Waals surface area (Å²) in [4.78, 5) is 22.7. The lowest BCUT2D eigenvalue weighted by Crippen LogP contribution is -2.43. The highest BCUT2D eigenvalue weighted by Crippen LogP contribution is 2.39. The molecule has 10 heteroatoms. The normalized spacial score (nSPS) is 29.5. The number of carbonyl (C=O) groups is 1. The summed E-state index contributed by atoms with van der Waals surface area (Å²) >= 11 is 0.441. The number of halogens is 1. The van der Waals surface area contributed by atoms with Gasteiger partial charge in [0.2, 0.25) is 0 Å². The Morgan fingerprint density at radius 2 is 2.15 bits per heavy atom. The van der Waals surface area contributed by atoms with Gasteiger partial charge in [-0.3, -0.25) is 9.55 Å². The van der Waals surface area contributed by atoms with Crippen molar-refractivity contribution < 1.29 is 29.6 Å². The second-order valence-corrected chi connectivity index (χ2v) is 10.5. The molecule has 1 amide bonds. The number of nitrogens with one attached hydrogen (secondary N) is 1. The number of carbonyl (C=O) groups excluding carboxylic acids is 1. The largest absolute Gasteiger partial charge is 0.487 e. The summed E-state index contributed by atoms with van der Waals surface area (Å²) in [6.45, 7) is 2.40. The SMILES string of the molecule is [2H]C1([2H])C([2H])([2H])C([2H])(C)C([2H])(Sc2ncc(COc3ccc(C#CCOC(=O)NC4CCN(C)CC4)c(F)c3)n2-c2cccnc2)C1([2H])[2H]. The zero-order chi connectivity index (χ0) is 35.8. The molecule has 2 aromatic heterocycles. The molecule has 1 aliphatic carbocycles. The highest BCUT2D eigenvalue weighted by Gasteiger charge is 2.27. The number of rotatable bonds is 8. The number of hydrogen-bond acceptors (Lipinski definition) is 7. The van der Waals surface area contributed by atoms with E-state index in [1.54, 1.807) is 12.1 Å². The van der Waals surface area contributed by atoms with Gasteiger partial charge in [-0.15, -0.1) is 0 Å². The number of benzene rings is 1. The lowest BCUT2D eigenvalue weighted by molar-refractivity contribution is 0.147. The lowest BCUT2D eigenvalue weighted by atomic mass is 10.1. The molecule has 1 saturated carbocycles. The monoisotopic (exact) mass is 585 g/mol. The summed E-state index contributed by atoms with van der Waals surface area (Å²) in [5, 5.41) is 0.112. The van der Waals surface area contributed by atoms with Crippen LogP contribution in [-0.2, 0) is 11.3 Å². The number of hydrogen-bond donors (Lipinski definition) is 1. The van der Waals surface area contributed by atoms with Crippen LogP contribution in [0.25, 0.3) is 5.69 Å². The molecule has 41 heavy (non-hydrogen) atoms. The second-order valence-electron chi connectivity index (χ2n) is 9.54. The van der Waals surface area contributed by atoms with E-state index in [4.69, 9.17) is 20.4 Å². The Labute approximate surface area is 256 Å². The van der Waals surface area contributed by atoms with Crippen molar-refractivity contribution in [1.29, 1.82) is 0 Å². The summed E-state index contributed by atoms with van der Waals surface area (Å²) in [5.41, 5.74) is 0.867. The van der Waals surface area contributed by atoms with Crippen molar-refractivity contribution in [2.75, 3.05) is 26.7 Å². The predicted octanol–water partition coefficient (Wildman–Crippen LogP) is 5.44. The zero-order valence-corrected chi connectivity index (χ0v) is 23.6. The molecule has 2 aliphatic rings. The maximum atomic E-state index is 14.9. The van der Waals surface area contributed by atoms with Gasteiger partial charge in [-0.1, -0.05) is 36.9 Å². The quantitative estimate of drug-likeness (QED) is 0.353. The van der Waals surface area contributed by atoms with Crippen LogP contribution in [-0.4, -0.2) is 63.5 Å². The third-order valence-electron chi connectivity index (χ3n) is 6.53. The third kappa shape index (κ3) is 7.80. The van der Waals surface area contributed by atoms with Crippen molar-refractivity contribution in [3.05, 3.63) is 66.0 Å². The molecule has 8 nitrogen and oxygen atoms in total. The smallest absolute Gasteiger partial charge is 0.408 e. The Balaban J connectivity index is 1.29. The number of aromatic nitrogens is 3. The van der Waals surface area contributed by atoms with Crippen LogP contribution in [0, 0.1) is 23.6 Å². The first kappa shape index (κ1) is 20.3. The van der Waals surface area contributed by atoms with Gasteiger partial charge in [0.1, 0.15) is 18.2 Å². The first-order chi connectivity index (χ1) is 22.9. The maximum Gasteiger partial charge on any atom is 0.408 e. The average molecular weight is 586 g/mol. The summed E-state index contributed by atoms with van der Waals surface area (Å²) in [6.07, 6.45) is -3.83. The van der Waals surface area contributed by atoms with Gasteiger partial charge in [0.05, 0.1) is 29.3 Å². The van der Waals surface area contributed by atoms with E-state index in [1.807, 2.05) is 7.05 Å². The van der Waals surface area contributed by atoms with Gasteiger partial charge >= 0.3 is 6.09 Å². The van der Waals surface area contributed by atoms with Crippen LogP contribution < -0.4 is 10.1 Å². The van der Waals surface area contributed by atoms with Gasteiger partial charge < -0.3 is 19.7 Å². The topological polar surface area (TPSA) is 81.5 Å². The molecule has 3 heterocycles. The summed E-state index contributed by atoms with van der Waals surface area (Å²) in [6, 6.07) is 7.40. The van der Waals surface area contributed by atoms with Crippen molar-refractivity contribution in [3.63, 3.8) is 0 Å². The lowest BCUT2D eigenvalue weighted by Gasteiger charge is -2.28. The number of ether oxygens (including phenoxy) is 2. The Hall–Kier alpha value is -3.55. The van der Waals surface area contributed by atoms with Crippen LogP contribution >= 0.6 is 11.8 Å². The van der Waals surface area contributed by atoms with Crippen molar-refractivity contribution in [1.82, 2.24) is 24.8 Å². The molecule has 1 aromatic carbocycles. The molecule has 1 aliphatic heterocycles. The molecule has 2 fully saturated rings. The van der Waals surface area contributed by atoms with Gasteiger partial charge in [-0.2, -0.15) is 0 Å². The summed E-state index contributed by atoms with van der Waals surface area (Å²) in [7, 11) is 2.02. The Kier molecular flexibility index (Phi) is 6.89. The zero-order valence-electron chi connectivity index (χ0n) is 30.7. The molecule has 2 atom stereocenters. The molecule has 3 aromatic rings. The first-order valence-corrected chi connectivity index (χ1v) is 13.9. The fraction of sp³-hybridized carbons (Fsp3) is 0.452. The minimum Gasteiger partial charge on any atom is -0.487 e. The van der Waals surface area contributed by atoms with Gasteiger partial charge in [0, 0.05) is 34.5 Å². The highest BCUT2D eigenvalue weighted by molar-refractivity contribution is 7.99. The van der Waals surface area contributed by atoms with Crippen LogP contribution in [0.5, 0.6) is 5.75 Å². The molecular weight excluding hydrogens is 541 g/mol. The number of likely N-dealkylation sites (tertiary alicyclic amines) is 1. The predicted molar refractivity (Wildman–Crippen MR) is 157 cm³/mol. The first-order valence-electron chi connectivity index (χ1n) is 17.1. The number of alkyl carbamates (subject to hydrolysis) is 1. The summed E-state index contributed by atoms with van der Waals surface area (Å²) in [5.74, 6) is 2.20. The third-order valence-corrected chi connectivity index (χ3v) is 7.62. The van der Waals surface area contributed by atoms with E-state index in [0.29, 0.717) is 23.1 Å². The fourth-order valence-electron chi connectivity index (χ4n) is 4.27. The number of thioether (sulfide) groups is 1. The van der Waals surface area contributed by atoms with Crippen LogP contribution in [0.2, 0.25) is 0 Å². The molecule has 0 spiro atoms. The van der Waals surface area contributed by atoms with E-state index in [-0.39, 0.29) is 35.7 Å². The van der Waals surface area contributed by atoms with Crippen LogP contribution in [0.1, 0.15) is 61.1 Å². The van der Waals surface area contributed by atoms with E-state index in [0.717, 1.165) is 38.9 Å². The standard InChI is InChI=1S/C31H36FN5O3S/c1-22-6-3-9-29(22)41-30-34-20-26(37(30)25-8-4-14-33-19-25)21-40-27-11-10-23(28(32)18-27)7-5-17-39-31(38)35-24-12-15-36(2)16-13-24/h4,8,10-11,14,18-20,22,24,29H,3,6,9,12-13,15-17,21H2,1-2H3,(H,35,38)/i3D2,6D2,9D2,22D,29D. The number of pyridine rings is 1.